The number of rotatable bonds is 6. The Morgan fingerprint density at radius 1 is 1.08 bits per heavy atom. The number of amides is 2. The van der Waals surface area contributed by atoms with Crippen molar-refractivity contribution in [3.05, 3.63) is 81.5 Å². The van der Waals surface area contributed by atoms with Crippen molar-refractivity contribution in [2.24, 2.45) is 0 Å². The molecule has 7 nitrogen and oxygen atoms in total. The van der Waals surface area contributed by atoms with Crippen LogP contribution in [0.5, 0.6) is 5.75 Å². The molecule has 4 rings (SSSR count). The minimum Gasteiger partial charge on any atom is -0.497 e. The average Bonchev–Trinajstić information content (AvgIpc) is 3.43. The fraction of sp³-hybridized carbons (Fsp3) is 0.192. The van der Waals surface area contributed by atoms with Crippen molar-refractivity contribution in [1.29, 1.82) is 0 Å². The molecule has 0 radical (unpaired) electrons. The smallest absolute Gasteiger partial charge is 0.264 e. The van der Waals surface area contributed by atoms with E-state index in [1.54, 1.807) is 19.3 Å². The summed E-state index contributed by atoms with van der Waals surface area (Å²) in [5, 5.41) is 8.26. The van der Waals surface area contributed by atoms with Gasteiger partial charge in [-0.3, -0.25) is 14.9 Å². The maximum atomic E-state index is 12.6. The van der Waals surface area contributed by atoms with Crippen LogP contribution >= 0.6 is 35.2 Å². The van der Waals surface area contributed by atoms with E-state index >= 15 is 0 Å². The fourth-order valence-electron chi connectivity index (χ4n) is 3.75. The third-order valence-corrected chi connectivity index (χ3v) is 6.99. The van der Waals surface area contributed by atoms with Crippen LogP contribution in [0.15, 0.2) is 66.1 Å². The first-order valence-corrected chi connectivity index (χ1v) is 12.9. The Hall–Kier alpha value is -3.40. The SMILES string of the molecule is COc1ccc(/C=C/C(=O)NC(=S)Nc2ccc(N3CCN(C(=O)c4cccs4)CC3)c(Cl)c2)cc1. The van der Waals surface area contributed by atoms with Crippen molar-refractivity contribution in [1.82, 2.24) is 10.2 Å². The molecule has 0 unspecified atom stereocenters. The van der Waals surface area contributed by atoms with Crippen LogP contribution in [0.3, 0.4) is 0 Å². The molecule has 186 valence electrons. The molecule has 2 heterocycles. The summed E-state index contributed by atoms with van der Waals surface area (Å²) in [6.45, 7) is 2.65. The van der Waals surface area contributed by atoms with Gasteiger partial charge in [-0.1, -0.05) is 29.8 Å². The number of hydrogen-bond acceptors (Lipinski definition) is 6. The van der Waals surface area contributed by atoms with Gasteiger partial charge in [0.05, 0.1) is 22.7 Å². The maximum absolute atomic E-state index is 12.6. The molecule has 0 bridgehead atoms. The van der Waals surface area contributed by atoms with E-state index in [2.05, 4.69) is 15.5 Å². The zero-order valence-corrected chi connectivity index (χ0v) is 22.0. The number of nitrogens with zero attached hydrogens (tertiary/aromatic N) is 2. The van der Waals surface area contributed by atoms with Gasteiger partial charge in [0.15, 0.2) is 5.11 Å². The summed E-state index contributed by atoms with van der Waals surface area (Å²) in [5.41, 5.74) is 2.42. The van der Waals surface area contributed by atoms with Crippen molar-refractivity contribution >= 4 is 69.5 Å². The molecule has 0 atom stereocenters. The summed E-state index contributed by atoms with van der Waals surface area (Å²) in [4.78, 5) is 29.6. The summed E-state index contributed by atoms with van der Waals surface area (Å²) in [6, 6.07) is 16.6. The molecule has 10 heteroatoms. The standard InChI is InChI=1S/C26H25ClN4O3S2/c1-34-20-8-4-18(5-9-20)6-11-24(32)29-26(35)28-19-7-10-22(21(27)17-19)30-12-14-31(15-13-30)25(33)23-3-2-16-36-23/h2-11,16-17H,12-15H2,1H3,(H2,28,29,32,35)/b11-6+. The van der Waals surface area contributed by atoms with Crippen molar-refractivity contribution in [2.75, 3.05) is 43.5 Å². The largest absolute Gasteiger partial charge is 0.497 e. The molecule has 3 aromatic rings. The minimum absolute atomic E-state index is 0.0738. The van der Waals surface area contributed by atoms with Crippen LogP contribution in [0.2, 0.25) is 5.02 Å². The lowest BCUT2D eigenvalue weighted by Gasteiger charge is -2.36. The molecule has 0 aliphatic carbocycles. The van der Waals surface area contributed by atoms with Crippen LogP contribution in [0, 0.1) is 0 Å². The van der Waals surface area contributed by atoms with E-state index < -0.39 is 0 Å². The van der Waals surface area contributed by atoms with Gasteiger partial charge >= 0.3 is 0 Å². The molecule has 1 aliphatic rings. The third kappa shape index (κ3) is 6.63. The number of thiophene rings is 1. The monoisotopic (exact) mass is 540 g/mol. The van der Waals surface area contributed by atoms with E-state index in [0.717, 1.165) is 21.9 Å². The van der Waals surface area contributed by atoms with Crippen LogP contribution in [0.4, 0.5) is 11.4 Å². The van der Waals surface area contributed by atoms with Crippen molar-refractivity contribution in [3.8, 4) is 5.75 Å². The van der Waals surface area contributed by atoms with E-state index in [0.29, 0.717) is 36.9 Å². The second-order valence-corrected chi connectivity index (χ2v) is 9.74. The highest BCUT2D eigenvalue weighted by molar-refractivity contribution is 7.80. The summed E-state index contributed by atoms with van der Waals surface area (Å²) in [5.74, 6) is 0.476. The number of carbonyl (C=O) groups is 2. The summed E-state index contributed by atoms with van der Waals surface area (Å²) in [6.07, 6.45) is 3.10. The quantitative estimate of drug-likeness (QED) is 0.342. The number of ether oxygens (including phenoxy) is 1. The lowest BCUT2D eigenvalue weighted by Crippen LogP contribution is -2.48. The number of benzene rings is 2. The molecule has 0 spiro atoms. The molecular weight excluding hydrogens is 516 g/mol. The minimum atomic E-state index is -0.346. The molecule has 1 fully saturated rings. The molecule has 2 N–H and O–H groups in total. The van der Waals surface area contributed by atoms with Gasteiger partial charge in [-0.2, -0.15) is 0 Å². The van der Waals surface area contributed by atoms with Gasteiger partial charge in [-0.25, -0.2) is 0 Å². The molecule has 0 saturated carbocycles. The highest BCUT2D eigenvalue weighted by Crippen LogP contribution is 2.30. The third-order valence-electron chi connectivity index (χ3n) is 5.62. The summed E-state index contributed by atoms with van der Waals surface area (Å²) >= 11 is 13.3. The highest BCUT2D eigenvalue weighted by Gasteiger charge is 2.24. The number of thiocarbonyl (C=S) groups is 1. The Balaban J connectivity index is 1.27. The van der Waals surface area contributed by atoms with Gasteiger partial charge in [-0.05, 0) is 65.6 Å². The molecule has 2 amide bonds. The van der Waals surface area contributed by atoms with Crippen LogP contribution in [0.1, 0.15) is 15.2 Å². The van der Waals surface area contributed by atoms with E-state index in [1.807, 2.05) is 58.8 Å². The van der Waals surface area contributed by atoms with Gasteiger partial charge in [0.1, 0.15) is 5.75 Å². The van der Waals surface area contributed by atoms with E-state index in [-0.39, 0.29) is 16.9 Å². The van der Waals surface area contributed by atoms with Crippen molar-refractivity contribution in [3.63, 3.8) is 0 Å². The van der Waals surface area contributed by atoms with Gasteiger partial charge in [-0.15, -0.1) is 11.3 Å². The number of carbonyl (C=O) groups excluding carboxylic acids is 2. The zero-order chi connectivity index (χ0) is 25.5. The Bertz CT molecular complexity index is 1250. The van der Waals surface area contributed by atoms with Gasteiger partial charge in [0.2, 0.25) is 5.91 Å². The number of halogens is 1. The predicted molar refractivity (Wildman–Crippen MR) is 150 cm³/mol. The lowest BCUT2D eigenvalue weighted by molar-refractivity contribution is -0.115. The normalized spacial score (nSPS) is 13.5. The van der Waals surface area contributed by atoms with Gasteiger partial charge in [0.25, 0.3) is 5.91 Å². The number of hydrogen-bond donors (Lipinski definition) is 2. The second kappa shape index (κ2) is 12.0. The van der Waals surface area contributed by atoms with Crippen LogP contribution in [0.25, 0.3) is 6.08 Å². The molecule has 1 aliphatic heterocycles. The van der Waals surface area contributed by atoms with E-state index in [4.69, 9.17) is 28.6 Å². The molecule has 1 aromatic heterocycles. The second-order valence-electron chi connectivity index (χ2n) is 7.97. The Kier molecular flexibility index (Phi) is 8.58. The number of piperazine rings is 1. The van der Waals surface area contributed by atoms with Crippen LogP contribution in [-0.2, 0) is 4.79 Å². The van der Waals surface area contributed by atoms with E-state index in [9.17, 15) is 9.59 Å². The molecule has 1 saturated heterocycles. The van der Waals surface area contributed by atoms with Gasteiger partial charge in [0, 0.05) is 37.9 Å². The lowest BCUT2D eigenvalue weighted by atomic mass is 10.2. The van der Waals surface area contributed by atoms with E-state index in [1.165, 1.54) is 17.4 Å². The van der Waals surface area contributed by atoms with Crippen molar-refractivity contribution < 1.29 is 14.3 Å². The van der Waals surface area contributed by atoms with Crippen molar-refractivity contribution in [2.45, 2.75) is 0 Å². The highest BCUT2D eigenvalue weighted by atomic mass is 35.5. The number of methoxy groups -OCH3 is 1. The Morgan fingerprint density at radius 2 is 1.83 bits per heavy atom. The number of nitrogens with one attached hydrogen (secondary N) is 2. The molecule has 2 aromatic carbocycles. The van der Waals surface area contributed by atoms with Crippen LogP contribution < -0.4 is 20.3 Å². The van der Waals surface area contributed by atoms with Gasteiger partial charge < -0.3 is 19.9 Å². The van der Waals surface area contributed by atoms with Crippen LogP contribution in [-0.4, -0.2) is 55.1 Å². The first-order valence-electron chi connectivity index (χ1n) is 11.2. The Morgan fingerprint density at radius 3 is 2.47 bits per heavy atom. The predicted octanol–water partition coefficient (Wildman–Crippen LogP) is 4.90. The average molecular weight is 541 g/mol. The summed E-state index contributed by atoms with van der Waals surface area (Å²) in [7, 11) is 1.60. The summed E-state index contributed by atoms with van der Waals surface area (Å²) < 4.78 is 5.12. The Labute approximate surface area is 224 Å². The molecule has 36 heavy (non-hydrogen) atoms. The zero-order valence-electron chi connectivity index (χ0n) is 19.6. The molecular formula is C26H25ClN4O3S2. The number of anilines is 2. The first-order chi connectivity index (χ1) is 17.4. The fourth-order valence-corrected chi connectivity index (χ4v) is 4.96. The first kappa shape index (κ1) is 25.7. The topological polar surface area (TPSA) is 73.9 Å². The maximum Gasteiger partial charge on any atom is 0.264 e.